The highest BCUT2D eigenvalue weighted by Crippen LogP contribution is 2.47. The standard InChI is InChI=1S/C17H31N3O2Si/c1-8-13-10-12(11-23(6,7)17(3,4)5)15-18-14(19-20(13)15)16(21)22-9-2/h12-13H,8-11H2,1-7H3. The first kappa shape index (κ1) is 18.2. The van der Waals surface area contributed by atoms with Crippen molar-refractivity contribution in [2.75, 3.05) is 6.61 Å². The molecule has 1 aromatic heterocycles. The van der Waals surface area contributed by atoms with Crippen LogP contribution in [0.1, 0.15) is 75.9 Å². The monoisotopic (exact) mass is 337 g/mol. The molecule has 2 rings (SSSR count). The maximum absolute atomic E-state index is 11.9. The maximum atomic E-state index is 11.9. The SMILES string of the molecule is CCOC(=O)c1nc2n(n1)C(CC)CC2C[Si](C)(C)C(C)(C)C. The third kappa shape index (κ3) is 3.52. The molecule has 0 spiro atoms. The summed E-state index contributed by atoms with van der Waals surface area (Å²) in [6.07, 6.45) is 2.12. The second-order valence-corrected chi connectivity index (χ2v) is 14.0. The molecule has 5 nitrogen and oxygen atoms in total. The van der Waals surface area contributed by atoms with Gasteiger partial charge in [0.2, 0.25) is 0 Å². The van der Waals surface area contributed by atoms with Crippen LogP contribution in [0.2, 0.25) is 24.2 Å². The van der Waals surface area contributed by atoms with Crippen LogP contribution >= 0.6 is 0 Å². The van der Waals surface area contributed by atoms with Crippen LogP contribution in [0.25, 0.3) is 0 Å². The van der Waals surface area contributed by atoms with Crippen LogP contribution < -0.4 is 0 Å². The van der Waals surface area contributed by atoms with Gasteiger partial charge >= 0.3 is 5.97 Å². The molecule has 2 unspecified atom stereocenters. The van der Waals surface area contributed by atoms with Crippen molar-refractivity contribution in [1.82, 2.24) is 14.8 Å². The molecule has 0 aliphatic carbocycles. The van der Waals surface area contributed by atoms with Crippen molar-refractivity contribution in [3.63, 3.8) is 0 Å². The van der Waals surface area contributed by atoms with E-state index in [-0.39, 0.29) is 5.82 Å². The highest BCUT2D eigenvalue weighted by atomic mass is 28.3. The van der Waals surface area contributed by atoms with Crippen molar-refractivity contribution in [3.05, 3.63) is 11.6 Å². The number of nitrogens with zero attached hydrogens (tertiary/aromatic N) is 3. The van der Waals surface area contributed by atoms with Gasteiger partial charge in [0.05, 0.1) is 20.7 Å². The van der Waals surface area contributed by atoms with Gasteiger partial charge in [-0.15, -0.1) is 5.10 Å². The topological polar surface area (TPSA) is 57.0 Å². The lowest BCUT2D eigenvalue weighted by molar-refractivity contribution is 0.0511. The molecule has 2 heterocycles. The minimum Gasteiger partial charge on any atom is -0.460 e. The summed E-state index contributed by atoms with van der Waals surface area (Å²) >= 11 is 0. The number of ether oxygens (including phenoxy) is 1. The average molecular weight is 338 g/mol. The molecule has 23 heavy (non-hydrogen) atoms. The molecular weight excluding hydrogens is 306 g/mol. The first-order chi connectivity index (χ1) is 10.6. The number of carbonyl (C=O) groups excluding carboxylic acids is 1. The smallest absolute Gasteiger partial charge is 0.378 e. The van der Waals surface area contributed by atoms with E-state index in [2.05, 4.69) is 50.9 Å². The molecule has 0 aromatic carbocycles. The van der Waals surface area contributed by atoms with Gasteiger partial charge in [-0.1, -0.05) is 40.8 Å². The summed E-state index contributed by atoms with van der Waals surface area (Å²) in [5, 5.41) is 4.80. The van der Waals surface area contributed by atoms with Gasteiger partial charge in [-0.2, -0.15) is 0 Å². The van der Waals surface area contributed by atoms with E-state index >= 15 is 0 Å². The van der Waals surface area contributed by atoms with E-state index in [0.29, 0.717) is 23.6 Å². The molecule has 0 saturated carbocycles. The fraction of sp³-hybridized carbons (Fsp3) is 0.824. The number of rotatable bonds is 5. The number of hydrogen-bond donors (Lipinski definition) is 0. The van der Waals surface area contributed by atoms with E-state index < -0.39 is 14.0 Å². The van der Waals surface area contributed by atoms with Gasteiger partial charge in [0.1, 0.15) is 5.82 Å². The summed E-state index contributed by atoms with van der Waals surface area (Å²) in [6.45, 7) is 16.3. The quantitative estimate of drug-likeness (QED) is 0.590. The van der Waals surface area contributed by atoms with Gasteiger partial charge in [-0.05, 0) is 30.8 Å². The Labute approximate surface area is 140 Å². The highest BCUT2D eigenvalue weighted by Gasteiger charge is 2.42. The summed E-state index contributed by atoms with van der Waals surface area (Å²) in [6, 6.07) is 1.55. The molecule has 0 N–H and O–H groups in total. The molecule has 130 valence electrons. The third-order valence-corrected chi connectivity index (χ3v) is 11.2. The first-order valence-electron chi connectivity index (χ1n) is 8.74. The molecule has 1 aliphatic heterocycles. The lowest BCUT2D eigenvalue weighted by Crippen LogP contribution is -2.38. The third-order valence-electron chi connectivity index (χ3n) is 5.64. The van der Waals surface area contributed by atoms with Crippen LogP contribution in [-0.4, -0.2) is 35.4 Å². The molecule has 0 amide bonds. The summed E-state index contributed by atoms with van der Waals surface area (Å²) in [5.41, 5.74) is 0. The average Bonchev–Trinajstić information content (AvgIpc) is 2.98. The Morgan fingerprint density at radius 1 is 1.35 bits per heavy atom. The zero-order chi connectivity index (χ0) is 17.4. The second-order valence-electron chi connectivity index (χ2n) is 8.29. The lowest BCUT2D eigenvalue weighted by atomic mass is 10.0. The van der Waals surface area contributed by atoms with Crippen molar-refractivity contribution in [2.24, 2.45) is 0 Å². The van der Waals surface area contributed by atoms with Gasteiger partial charge < -0.3 is 4.74 Å². The van der Waals surface area contributed by atoms with Crippen molar-refractivity contribution in [2.45, 2.75) is 83.6 Å². The van der Waals surface area contributed by atoms with Crippen molar-refractivity contribution < 1.29 is 9.53 Å². The fourth-order valence-electron chi connectivity index (χ4n) is 3.13. The maximum Gasteiger partial charge on any atom is 0.378 e. The Kier molecular flexibility index (Phi) is 5.04. The minimum atomic E-state index is -1.41. The Balaban J connectivity index is 2.28. The van der Waals surface area contributed by atoms with Crippen LogP contribution in [0.15, 0.2) is 0 Å². The largest absolute Gasteiger partial charge is 0.460 e. The van der Waals surface area contributed by atoms with Crippen LogP contribution in [0.4, 0.5) is 0 Å². The number of hydrogen-bond acceptors (Lipinski definition) is 4. The van der Waals surface area contributed by atoms with Gasteiger partial charge in [-0.3, -0.25) is 0 Å². The molecule has 1 aliphatic rings. The van der Waals surface area contributed by atoms with Gasteiger partial charge in [0.25, 0.3) is 5.82 Å². The summed E-state index contributed by atoms with van der Waals surface area (Å²) < 4.78 is 7.05. The molecule has 0 fully saturated rings. The minimum absolute atomic E-state index is 0.222. The number of fused-ring (bicyclic) bond motifs is 1. The highest BCUT2D eigenvalue weighted by molar-refractivity contribution is 6.80. The lowest BCUT2D eigenvalue weighted by Gasteiger charge is -2.38. The second kappa shape index (κ2) is 6.38. The van der Waals surface area contributed by atoms with E-state index in [4.69, 9.17) is 4.74 Å². The van der Waals surface area contributed by atoms with E-state index in [1.807, 2.05) is 4.68 Å². The number of carbonyl (C=O) groups is 1. The van der Waals surface area contributed by atoms with Crippen molar-refractivity contribution in [3.8, 4) is 0 Å². The van der Waals surface area contributed by atoms with Gasteiger partial charge in [0, 0.05) is 5.92 Å². The van der Waals surface area contributed by atoms with Crippen molar-refractivity contribution >= 4 is 14.0 Å². The zero-order valence-corrected chi connectivity index (χ0v) is 16.6. The van der Waals surface area contributed by atoms with Crippen molar-refractivity contribution in [1.29, 1.82) is 0 Å². The number of esters is 1. The van der Waals surface area contributed by atoms with E-state index in [1.165, 1.54) is 6.04 Å². The molecule has 2 atom stereocenters. The summed E-state index contributed by atoms with van der Waals surface area (Å²) in [7, 11) is -1.41. The van der Waals surface area contributed by atoms with E-state index in [0.717, 1.165) is 18.7 Å². The van der Waals surface area contributed by atoms with E-state index in [9.17, 15) is 4.79 Å². The Bertz CT molecular complexity index is 575. The van der Waals surface area contributed by atoms with Crippen LogP contribution in [-0.2, 0) is 4.74 Å². The van der Waals surface area contributed by atoms with Crippen LogP contribution in [0.3, 0.4) is 0 Å². The Morgan fingerprint density at radius 2 is 2.00 bits per heavy atom. The predicted octanol–water partition coefficient (Wildman–Crippen LogP) is 4.40. The molecule has 1 aromatic rings. The molecule has 0 saturated heterocycles. The zero-order valence-electron chi connectivity index (χ0n) is 15.6. The molecule has 0 bridgehead atoms. The Hall–Kier alpha value is -1.17. The fourth-order valence-corrected chi connectivity index (χ4v) is 5.33. The summed E-state index contributed by atoms with van der Waals surface area (Å²) in [4.78, 5) is 16.5. The van der Waals surface area contributed by atoms with Gasteiger partial charge in [-0.25, -0.2) is 14.5 Å². The Morgan fingerprint density at radius 3 is 2.52 bits per heavy atom. The van der Waals surface area contributed by atoms with Crippen LogP contribution in [0.5, 0.6) is 0 Å². The van der Waals surface area contributed by atoms with E-state index in [1.54, 1.807) is 6.92 Å². The normalized spacial score (nSPS) is 21.3. The predicted molar refractivity (Wildman–Crippen MR) is 94.7 cm³/mol. The molecular formula is C17H31N3O2Si. The number of aromatic nitrogens is 3. The molecule has 0 radical (unpaired) electrons. The molecule has 6 heteroatoms. The first-order valence-corrected chi connectivity index (χ1v) is 11.9. The van der Waals surface area contributed by atoms with Crippen LogP contribution in [0, 0.1) is 0 Å². The summed E-state index contributed by atoms with van der Waals surface area (Å²) in [5.74, 6) is 1.22. The van der Waals surface area contributed by atoms with Gasteiger partial charge in [0.15, 0.2) is 0 Å².